The van der Waals surface area contributed by atoms with Crippen LogP contribution in [0.25, 0.3) is 22.3 Å². The Bertz CT molecular complexity index is 1260. The first-order chi connectivity index (χ1) is 15.5. The zero-order valence-corrected chi connectivity index (χ0v) is 18.5. The van der Waals surface area contributed by atoms with Gasteiger partial charge in [-0.3, -0.25) is 14.7 Å². The lowest BCUT2D eigenvalue weighted by Crippen LogP contribution is -2.12. The van der Waals surface area contributed by atoms with Crippen molar-refractivity contribution in [2.75, 3.05) is 17.7 Å². The van der Waals surface area contributed by atoms with Crippen molar-refractivity contribution < 1.29 is 14.3 Å². The number of carbonyl (C=O) groups is 2. The van der Waals surface area contributed by atoms with Crippen LogP contribution in [-0.4, -0.2) is 44.4 Å². The minimum absolute atomic E-state index is 0.0709. The molecule has 2 aromatic heterocycles. The van der Waals surface area contributed by atoms with Crippen LogP contribution >= 0.6 is 23.4 Å². The minimum atomic E-state index is -0.355. The molecule has 0 fully saturated rings. The van der Waals surface area contributed by atoms with Crippen LogP contribution in [0.5, 0.6) is 0 Å². The molecule has 0 saturated carbocycles. The van der Waals surface area contributed by atoms with Crippen molar-refractivity contribution in [3.8, 4) is 11.3 Å². The topological polar surface area (TPSA) is 110 Å². The molecule has 0 radical (unpaired) electrons. The van der Waals surface area contributed by atoms with Crippen LogP contribution in [-0.2, 0) is 9.53 Å². The summed E-state index contributed by atoms with van der Waals surface area (Å²) >= 11 is 7.20. The summed E-state index contributed by atoms with van der Waals surface area (Å²) in [5.74, 6) is -0.201. The fourth-order valence-corrected chi connectivity index (χ4v) is 3.74. The highest BCUT2D eigenvalue weighted by atomic mass is 35.5. The maximum Gasteiger partial charge on any atom is 0.316 e. The van der Waals surface area contributed by atoms with E-state index in [1.807, 2.05) is 18.2 Å². The monoisotopic (exact) mass is 467 g/mol. The summed E-state index contributed by atoms with van der Waals surface area (Å²) in [4.78, 5) is 33.5. The number of thioether (sulfide) groups is 1. The number of esters is 1. The van der Waals surface area contributed by atoms with Crippen molar-refractivity contribution in [3.05, 3.63) is 65.2 Å². The molecule has 0 bridgehead atoms. The van der Waals surface area contributed by atoms with Crippen molar-refractivity contribution in [1.29, 1.82) is 0 Å². The zero-order valence-electron chi connectivity index (χ0n) is 17.0. The SMILES string of the molecule is CCOC(=O)CSc1nc(-c2ccc(Cl)cc2)c2c(NC(=O)c3ccccc3)[nH]nc2n1. The van der Waals surface area contributed by atoms with Crippen LogP contribution in [0.3, 0.4) is 0 Å². The number of aromatic nitrogens is 4. The number of nitrogens with zero attached hydrogens (tertiary/aromatic N) is 3. The molecule has 0 aliphatic rings. The van der Waals surface area contributed by atoms with Crippen LogP contribution < -0.4 is 5.32 Å². The van der Waals surface area contributed by atoms with Crippen LogP contribution in [0.15, 0.2) is 59.8 Å². The number of anilines is 1. The lowest BCUT2D eigenvalue weighted by Gasteiger charge is -2.08. The molecule has 0 saturated heterocycles. The second kappa shape index (κ2) is 9.80. The molecule has 0 atom stereocenters. The highest BCUT2D eigenvalue weighted by Gasteiger charge is 2.19. The van der Waals surface area contributed by atoms with Gasteiger partial charge in [0.25, 0.3) is 5.91 Å². The average Bonchev–Trinajstić information content (AvgIpc) is 3.21. The Morgan fingerprint density at radius 2 is 1.84 bits per heavy atom. The highest BCUT2D eigenvalue weighted by Crippen LogP contribution is 2.33. The van der Waals surface area contributed by atoms with E-state index in [4.69, 9.17) is 16.3 Å². The molecule has 2 aromatic carbocycles. The largest absolute Gasteiger partial charge is 0.465 e. The average molecular weight is 468 g/mol. The predicted molar refractivity (Wildman–Crippen MR) is 124 cm³/mol. The normalized spacial score (nSPS) is 10.8. The Balaban J connectivity index is 1.74. The summed E-state index contributed by atoms with van der Waals surface area (Å²) in [7, 11) is 0. The first-order valence-electron chi connectivity index (χ1n) is 9.72. The van der Waals surface area contributed by atoms with Crippen LogP contribution in [0, 0.1) is 0 Å². The van der Waals surface area contributed by atoms with Gasteiger partial charge in [0, 0.05) is 16.1 Å². The quantitative estimate of drug-likeness (QED) is 0.232. The summed E-state index contributed by atoms with van der Waals surface area (Å²) < 4.78 is 4.97. The van der Waals surface area contributed by atoms with Gasteiger partial charge in [0.2, 0.25) is 0 Å². The van der Waals surface area contributed by atoms with Gasteiger partial charge >= 0.3 is 5.97 Å². The molecule has 4 rings (SSSR count). The third kappa shape index (κ3) is 4.90. The Kier molecular flexibility index (Phi) is 6.67. The smallest absolute Gasteiger partial charge is 0.316 e. The number of ether oxygens (including phenoxy) is 1. The molecular formula is C22H18ClN5O3S. The van der Waals surface area contributed by atoms with E-state index in [0.29, 0.717) is 44.9 Å². The van der Waals surface area contributed by atoms with Gasteiger partial charge in [-0.15, -0.1) is 0 Å². The first kappa shape index (κ1) is 21.8. The van der Waals surface area contributed by atoms with E-state index in [0.717, 1.165) is 17.3 Å². The van der Waals surface area contributed by atoms with E-state index in [1.165, 1.54) is 0 Å². The van der Waals surface area contributed by atoms with Gasteiger partial charge in [0.1, 0.15) is 5.82 Å². The standard InChI is InChI=1S/C22H18ClN5O3S/c1-2-31-16(29)12-32-22-24-18(13-8-10-15(23)11-9-13)17-19(27-28-20(17)26-22)25-21(30)14-6-4-3-5-7-14/h3-11H,2,12H2,1H3,(H2,24,25,26,27,28,30). The lowest BCUT2D eigenvalue weighted by molar-refractivity contribution is -0.139. The number of benzene rings is 2. The number of halogens is 1. The number of carbonyl (C=O) groups excluding carboxylic acids is 2. The van der Waals surface area contributed by atoms with Crippen molar-refractivity contribution in [2.45, 2.75) is 12.1 Å². The Morgan fingerprint density at radius 3 is 2.56 bits per heavy atom. The predicted octanol–water partition coefficient (Wildman–Crippen LogP) is 4.58. The number of fused-ring (bicyclic) bond motifs is 1. The third-order valence-corrected chi connectivity index (χ3v) is 5.48. The number of rotatable bonds is 7. The molecule has 4 aromatic rings. The van der Waals surface area contributed by atoms with Gasteiger partial charge in [-0.1, -0.05) is 53.7 Å². The molecule has 0 aliphatic heterocycles. The van der Waals surface area contributed by atoms with Gasteiger partial charge in [0.05, 0.1) is 23.4 Å². The van der Waals surface area contributed by atoms with Gasteiger partial charge in [0.15, 0.2) is 10.8 Å². The fraction of sp³-hybridized carbons (Fsp3) is 0.136. The third-order valence-electron chi connectivity index (χ3n) is 4.41. The van der Waals surface area contributed by atoms with E-state index in [1.54, 1.807) is 43.3 Å². The Labute approximate surface area is 192 Å². The number of amides is 1. The first-order valence-corrected chi connectivity index (χ1v) is 11.1. The van der Waals surface area contributed by atoms with Gasteiger partial charge in [-0.05, 0) is 31.2 Å². The van der Waals surface area contributed by atoms with Crippen LogP contribution in [0.1, 0.15) is 17.3 Å². The number of hydrogen-bond acceptors (Lipinski definition) is 7. The van der Waals surface area contributed by atoms with E-state index in [2.05, 4.69) is 25.5 Å². The second-order valence-electron chi connectivity index (χ2n) is 6.57. The van der Waals surface area contributed by atoms with E-state index in [-0.39, 0.29) is 17.6 Å². The van der Waals surface area contributed by atoms with E-state index >= 15 is 0 Å². The molecule has 0 aliphatic carbocycles. The minimum Gasteiger partial charge on any atom is -0.465 e. The van der Waals surface area contributed by atoms with Gasteiger partial charge < -0.3 is 10.1 Å². The molecule has 8 nitrogen and oxygen atoms in total. The van der Waals surface area contributed by atoms with E-state index in [9.17, 15) is 9.59 Å². The van der Waals surface area contributed by atoms with E-state index < -0.39 is 0 Å². The van der Waals surface area contributed by atoms with Gasteiger partial charge in [-0.25, -0.2) is 9.97 Å². The lowest BCUT2D eigenvalue weighted by atomic mass is 10.1. The number of nitrogens with one attached hydrogen (secondary N) is 2. The molecule has 2 heterocycles. The maximum absolute atomic E-state index is 12.7. The zero-order chi connectivity index (χ0) is 22.5. The number of H-pyrrole nitrogens is 1. The van der Waals surface area contributed by atoms with Crippen molar-refractivity contribution >= 4 is 52.1 Å². The van der Waals surface area contributed by atoms with Crippen molar-refractivity contribution in [1.82, 2.24) is 20.2 Å². The molecule has 1 amide bonds. The number of aromatic amines is 1. The molecular weight excluding hydrogens is 450 g/mol. The molecule has 162 valence electrons. The second-order valence-corrected chi connectivity index (χ2v) is 7.95. The fourth-order valence-electron chi connectivity index (χ4n) is 2.98. The summed E-state index contributed by atoms with van der Waals surface area (Å²) in [5.41, 5.74) is 2.18. The summed E-state index contributed by atoms with van der Waals surface area (Å²) in [6.07, 6.45) is 0. The summed E-state index contributed by atoms with van der Waals surface area (Å²) in [6, 6.07) is 16.0. The molecule has 2 N–H and O–H groups in total. The highest BCUT2D eigenvalue weighted by molar-refractivity contribution is 7.99. The Morgan fingerprint density at radius 1 is 1.09 bits per heavy atom. The molecule has 0 unspecified atom stereocenters. The van der Waals surface area contributed by atoms with Crippen molar-refractivity contribution in [2.24, 2.45) is 0 Å². The Hall–Kier alpha value is -3.43. The van der Waals surface area contributed by atoms with Crippen molar-refractivity contribution in [3.63, 3.8) is 0 Å². The maximum atomic E-state index is 12.7. The van der Waals surface area contributed by atoms with Gasteiger partial charge in [-0.2, -0.15) is 5.10 Å². The molecule has 0 spiro atoms. The summed E-state index contributed by atoms with van der Waals surface area (Å²) in [6.45, 7) is 2.05. The summed E-state index contributed by atoms with van der Waals surface area (Å²) in [5, 5.41) is 11.4. The molecule has 10 heteroatoms. The number of hydrogen-bond donors (Lipinski definition) is 2. The van der Waals surface area contributed by atoms with Crippen LogP contribution in [0.2, 0.25) is 5.02 Å². The molecule has 32 heavy (non-hydrogen) atoms. The van der Waals surface area contributed by atoms with Crippen LogP contribution in [0.4, 0.5) is 5.82 Å².